The Hall–Kier alpha value is -1.35. The van der Waals surface area contributed by atoms with Crippen molar-refractivity contribution in [3.05, 3.63) is 35.8 Å². The summed E-state index contributed by atoms with van der Waals surface area (Å²) < 4.78 is 2.16. The minimum absolute atomic E-state index is 0.465. The molecule has 0 saturated carbocycles. The number of imidazole rings is 1. The van der Waals surface area contributed by atoms with E-state index in [1.165, 1.54) is 5.69 Å². The topological polar surface area (TPSA) is 43.3 Å². The van der Waals surface area contributed by atoms with Crippen molar-refractivity contribution in [2.75, 3.05) is 6.54 Å². The van der Waals surface area contributed by atoms with Crippen molar-refractivity contribution in [2.24, 2.45) is 5.73 Å². The zero-order valence-electron chi connectivity index (χ0n) is 9.27. The average molecular weight is 203 g/mol. The number of nitrogens with two attached hydrogens (primary N) is 1. The van der Waals surface area contributed by atoms with Crippen LogP contribution in [0.5, 0.6) is 0 Å². The summed E-state index contributed by atoms with van der Waals surface area (Å²) in [5, 5.41) is 0. The van der Waals surface area contributed by atoms with Gasteiger partial charge in [0.05, 0.1) is 5.69 Å². The second-order valence-electron chi connectivity index (χ2n) is 3.99. The van der Waals surface area contributed by atoms with Crippen molar-refractivity contribution < 1.29 is 0 Å². The van der Waals surface area contributed by atoms with E-state index < -0.39 is 0 Å². The minimum atomic E-state index is 0.465. The predicted octanol–water partition coefficient (Wildman–Crippen LogP) is 2.10. The number of pyridine rings is 1. The molecule has 2 aromatic rings. The van der Waals surface area contributed by atoms with Gasteiger partial charge < -0.3 is 10.1 Å². The van der Waals surface area contributed by atoms with Gasteiger partial charge in [-0.1, -0.05) is 13.0 Å². The second-order valence-corrected chi connectivity index (χ2v) is 3.99. The van der Waals surface area contributed by atoms with Crippen LogP contribution in [0.2, 0.25) is 0 Å². The van der Waals surface area contributed by atoms with Gasteiger partial charge in [-0.3, -0.25) is 0 Å². The first-order valence-corrected chi connectivity index (χ1v) is 5.37. The maximum atomic E-state index is 5.60. The molecule has 0 aliphatic carbocycles. The summed E-state index contributed by atoms with van der Waals surface area (Å²) in [5.74, 6) is 0.465. The van der Waals surface area contributed by atoms with Crippen molar-refractivity contribution >= 4 is 5.65 Å². The fourth-order valence-corrected chi connectivity index (χ4v) is 2.11. The molecule has 2 heterocycles. The monoisotopic (exact) mass is 203 g/mol. The van der Waals surface area contributed by atoms with Gasteiger partial charge in [-0.15, -0.1) is 0 Å². The van der Waals surface area contributed by atoms with E-state index in [1.54, 1.807) is 0 Å². The van der Waals surface area contributed by atoms with E-state index in [9.17, 15) is 0 Å². The number of aromatic nitrogens is 2. The number of aryl methyl sites for hydroxylation is 1. The maximum absolute atomic E-state index is 5.60. The van der Waals surface area contributed by atoms with E-state index in [2.05, 4.69) is 29.4 Å². The minimum Gasteiger partial charge on any atom is -0.330 e. The highest BCUT2D eigenvalue weighted by molar-refractivity contribution is 5.43. The van der Waals surface area contributed by atoms with Gasteiger partial charge in [-0.05, 0) is 37.9 Å². The van der Waals surface area contributed by atoms with Crippen LogP contribution in [0, 0.1) is 6.92 Å². The van der Waals surface area contributed by atoms with E-state index in [0.717, 1.165) is 24.3 Å². The molecule has 0 saturated heterocycles. The van der Waals surface area contributed by atoms with Crippen LogP contribution in [0.1, 0.15) is 30.7 Å². The Labute approximate surface area is 89.9 Å². The van der Waals surface area contributed by atoms with Crippen LogP contribution in [-0.2, 0) is 0 Å². The molecule has 3 nitrogen and oxygen atoms in total. The SMILES string of the molecule is Cc1nc2ccccn2c1C(C)CCN. The van der Waals surface area contributed by atoms with Gasteiger partial charge >= 0.3 is 0 Å². The van der Waals surface area contributed by atoms with Gasteiger partial charge in [0, 0.05) is 11.9 Å². The third-order valence-corrected chi connectivity index (χ3v) is 2.82. The fraction of sp³-hybridized carbons (Fsp3) is 0.417. The Morgan fingerprint density at radius 3 is 3.00 bits per heavy atom. The second kappa shape index (κ2) is 4.03. The summed E-state index contributed by atoms with van der Waals surface area (Å²) in [6, 6.07) is 6.08. The Balaban J connectivity index is 2.53. The highest BCUT2D eigenvalue weighted by atomic mass is 15.0. The van der Waals surface area contributed by atoms with Crippen LogP contribution in [0.3, 0.4) is 0 Å². The molecule has 1 unspecified atom stereocenters. The maximum Gasteiger partial charge on any atom is 0.137 e. The van der Waals surface area contributed by atoms with Gasteiger partial charge in [0.25, 0.3) is 0 Å². The molecule has 0 bridgehead atoms. The highest BCUT2D eigenvalue weighted by Crippen LogP contribution is 2.23. The van der Waals surface area contributed by atoms with Gasteiger partial charge in [-0.25, -0.2) is 4.98 Å². The van der Waals surface area contributed by atoms with E-state index in [1.807, 2.05) is 18.2 Å². The molecule has 0 radical (unpaired) electrons. The highest BCUT2D eigenvalue weighted by Gasteiger charge is 2.14. The molecule has 80 valence electrons. The Kier molecular flexibility index (Phi) is 2.73. The third kappa shape index (κ3) is 1.75. The van der Waals surface area contributed by atoms with Crippen molar-refractivity contribution in [3.8, 4) is 0 Å². The van der Waals surface area contributed by atoms with Crippen molar-refractivity contribution in [1.29, 1.82) is 0 Å². The molecule has 0 aromatic carbocycles. The number of nitrogens with zero attached hydrogens (tertiary/aromatic N) is 2. The summed E-state index contributed by atoms with van der Waals surface area (Å²) in [5.41, 5.74) is 9.02. The predicted molar refractivity (Wildman–Crippen MR) is 62.0 cm³/mol. The molecule has 0 spiro atoms. The lowest BCUT2D eigenvalue weighted by atomic mass is 10.0. The zero-order valence-corrected chi connectivity index (χ0v) is 9.27. The molecular weight excluding hydrogens is 186 g/mol. The first-order chi connectivity index (χ1) is 7.24. The molecule has 2 N–H and O–H groups in total. The molecule has 0 fully saturated rings. The molecule has 0 aliphatic heterocycles. The lowest BCUT2D eigenvalue weighted by molar-refractivity contribution is 0.660. The van der Waals surface area contributed by atoms with Crippen molar-refractivity contribution in [2.45, 2.75) is 26.2 Å². The summed E-state index contributed by atoms with van der Waals surface area (Å²) >= 11 is 0. The molecular formula is C12H17N3. The van der Waals surface area contributed by atoms with Crippen molar-refractivity contribution in [3.63, 3.8) is 0 Å². The van der Waals surface area contributed by atoms with Crippen LogP contribution < -0.4 is 5.73 Å². The van der Waals surface area contributed by atoms with Crippen LogP contribution in [0.4, 0.5) is 0 Å². The van der Waals surface area contributed by atoms with Crippen LogP contribution in [-0.4, -0.2) is 15.9 Å². The lowest BCUT2D eigenvalue weighted by Gasteiger charge is -2.10. The van der Waals surface area contributed by atoms with E-state index in [0.29, 0.717) is 5.92 Å². The molecule has 2 aromatic heterocycles. The molecule has 0 amide bonds. The van der Waals surface area contributed by atoms with Gasteiger partial charge in [-0.2, -0.15) is 0 Å². The molecule has 0 aliphatic rings. The summed E-state index contributed by atoms with van der Waals surface area (Å²) in [4.78, 5) is 4.54. The number of hydrogen-bond acceptors (Lipinski definition) is 2. The van der Waals surface area contributed by atoms with E-state index >= 15 is 0 Å². The largest absolute Gasteiger partial charge is 0.330 e. The first kappa shape index (κ1) is 10.2. The smallest absolute Gasteiger partial charge is 0.137 e. The quantitative estimate of drug-likeness (QED) is 0.830. The Morgan fingerprint density at radius 2 is 2.27 bits per heavy atom. The molecule has 3 heteroatoms. The first-order valence-electron chi connectivity index (χ1n) is 5.37. The third-order valence-electron chi connectivity index (χ3n) is 2.82. The van der Waals surface area contributed by atoms with Crippen molar-refractivity contribution in [1.82, 2.24) is 9.38 Å². The van der Waals surface area contributed by atoms with Crippen LogP contribution >= 0.6 is 0 Å². The Bertz CT molecular complexity index is 459. The van der Waals surface area contributed by atoms with Crippen LogP contribution in [0.15, 0.2) is 24.4 Å². The van der Waals surface area contributed by atoms with E-state index in [-0.39, 0.29) is 0 Å². The molecule has 1 atom stereocenters. The fourth-order valence-electron chi connectivity index (χ4n) is 2.11. The number of fused-ring (bicyclic) bond motifs is 1. The van der Waals surface area contributed by atoms with Crippen LogP contribution in [0.25, 0.3) is 5.65 Å². The standard InChI is InChI=1S/C12H17N3/c1-9(6-7-13)12-10(2)14-11-5-3-4-8-15(11)12/h3-5,8-9H,6-7,13H2,1-2H3. The van der Waals surface area contributed by atoms with Gasteiger partial charge in [0.15, 0.2) is 0 Å². The van der Waals surface area contributed by atoms with Gasteiger partial charge in [0.2, 0.25) is 0 Å². The normalized spacial score (nSPS) is 13.3. The molecule has 2 rings (SSSR count). The summed E-state index contributed by atoms with van der Waals surface area (Å²) in [7, 11) is 0. The molecule has 15 heavy (non-hydrogen) atoms. The lowest BCUT2D eigenvalue weighted by Crippen LogP contribution is -2.07. The summed E-state index contributed by atoms with van der Waals surface area (Å²) in [6.45, 7) is 4.99. The van der Waals surface area contributed by atoms with Gasteiger partial charge in [0.1, 0.15) is 5.65 Å². The zero-order chi connectivity index (χ0) is 10.8. The summed E-state index contributed by atoms with van der Waals surface area (Å²) in [6.07, 6.45) is 3.07. The van der Waals surface area contributed by atoms with E-state index in [4.69, 9.17) is 5.73 Å². The number of rotatable bonds is 3. The average Bonchev–Trinajstić information content (AvgIpc) is 2.54. The Morgan fingerprint density at radius 1 is 1.47 bits per heavy atom. The number of hydrogen-bond donors (Lipinski definition) is 1.